The molecule has 4 aromatic rings. The summed E-state index contributed by atoms with van der Waals surface area (Å²) in [4.78, 5) is 26.8. The van der Waals surface area contributed by atoms with E-state index >= 15 is 0 Å². The van der Waals surface area contributed by atoms with Gasteiger partial charge in [0.2, 0.25) is 5.91 Å². The van der Waals surface area contributed by atoms with E-state index in [1.54, 1.807) is 11.0 Å². The van der Waals surface area contributed by atoms with Gasteiger partial charge in [-0.3, -0.25) is 9.48 Å². The van der Waals surface area contributed by atoms with Gasteiger partial charge in [0.15, 0.2) is 0 Å². The Bertz CT molecular complexity index is 1570. The number of fused-ring (bicyclic) bond motifs is 4. The molecule has 2 bridgehead atoms. The topological polar surface area (TPSA) is 75.4 Å². The van der Waals surface area contributed by atoms with E-state index in [2.05, 4.69) is 17.2 Å². The summed E-state index contributed by atoms with van der Waals surface area (Å²) >= 11 is 0. The van der Waals surface area contributed by atoms with Crippen molar-refractivity contribution in [2.75, 3.05) is 4.90 Å². The van der Waals surface area contributed by atoms with Crippen molar-refractivity contribution in [2.24, 2.45) is 24.8 Å². The molecule has 188 valence electrons. The molecule has 1 aromatic heterocycles. The van der Waals surface area contributed by atoms with E-state index in [0.717, 1.165) is 52.6 Å². The molecule has 2 fully saturated rings. The summed E-state index contributed by atoms with van der Waals surface area (Å²) in [5.41, 5.74) is 2.80. The van der Waals surface area contributed by atoms with Gasteiger partial charge in [-0.05, 0) is 89.4 Å². The lowest BCUT2D eigenvalue weighted by atomic mass is 9.87. The molecule has 6 rings (SSSR count). The highest BCUT2D eigenvalue weighted by Crippen LogP contribution is 2.49. The molecule has 0 radical (unpaired) electrons. The van der Waals surface area contributed by atoms with Crippen molar-refractivity contribution in [3.05, 3.63) is 77.7 Å². The Hall–Kier alpha value is -4.00. The average molecular weight is 498 g/mol. The number of amides is 1. The molecule has 0 aliphatic heterocycles. The van der Waals surface area contributed by atoms with Crippen molar-refractivity contribution in [3.8, 4) is 0 Å². The van der Waals surface area contributed by atoms with Gasteiger partial charge in [-0.2, -0.15) is 5.10 Å². The minimum atomic E-state index is -1.11. The molecule has 1 N–H and O–H groups in total. The molecule has 1 heterocycles. The Morgan fingerprint density at radius 3 is 2.76 bits per heavy atom. The van der Waals surface area contributed by atoms with Gasteiger partial charge in [0.25, 0.3) is 0 Å². The number of benzene rings is 3. The standard InChI is InChI=1S/C30H28FN3O3/c1-33-28-15-26-20(13-23(28)16-32-33)3-2-4-22(26)17-34(30(37)27-12-18-5-7-21(27)9-18)25-11-19(6-8-29(35)36)10-24(31)14-25/h2-4,6,8,10-11,13-16,18,21,27H,5,7,9,12,17H2,1H3,(H,35,36)/t18-,21+,27-/m1/s1. The summed E-state index contributed by atoms with van der Waals surface area (Å²) in [6.45, 7) is 0.291. The fourth-order valence-electron chi connectivity index (χ4n) is 6.36. The van der Waals surface area contributed by atoms with Gasteiger partial charge in [-0.15, -0.1) is 0 Å². The number of carboxylic acid groups (broad SMARTS) is 1. The van der Waals surface area contributed by atoms with E-state index in [-0.39, 0.29) is 11.8 Å². The number of hydrogen-bond acceptors (Lipinski definition) is 3. The maximum Gasteiger partial charge on any atom is 0.328 e. The third kappa shape index (κ3) is 4.39. The molecule has 2 aliphatic rings. The van der Waals surface area contributed by atoms with Crippen molar-refractivity contribution in [1.29, 1.82) is 0 Å². The average Bonchev–Trinajstić information content (AvgIpc) is 3.61. The molecule has 3 atom stereocenters. The number of rotatable bonds is 6. The molecule has 37 heavy (non-hydrogen) atoms. The molecule has 1 amide bonds. The largest absolute Gasteiger partial charge is 0.478 e. The first-order chi connectivity index (χ1) is 17.9. The zero-order chi connectivity index (χ0) is 25.7. The first-order valence-corrected chi connectivity index (χ1v) is 12.7. The summed E-state index contributed by atoms with van der Waals surface area (Å²) in [5, 5.41) is 16.5. The monoisotopic (exact) mass is 497 g/mol. The van der Waals surface area contributed by atoms with Gasteiger partial charge in [0.05, 0.1) is 18.3 Å². The second-order valence-electron chi connectivity index (χ2n) is 10.4. The zero-order valence-corrected chi connectivity index (χ0v) is 20.6. The maximum absolute atomic E-state index is 14.7. The van der Waals surface area contributed by atoms with Crippen LogP contribution in [0.1, 0.15) is 36.8 Å². The minimum absolute atomic E-state index is 0.0181. The molecule has 7 heteroatoms. The smallest absolute Gasteiger partial charge is 0.328 e. The molecular formula is C30H28FN3O3. The summed E-state index contributed by atoms with van der Waals surface area (Å²) in [6, 6.07) is 14.6. The Balaban J connectivity index is 1.44. The van der Waals surface area contributed by atoms with Gasteiger partial charge >= 0.3 is 5.97 Å². The van der Waals surface area contributed by atoms with Crippen LogP contribution in [0.3, 0.4) is 0 Å². The van der Waals surface area contributed by atoms with E-state index in [1.165, 1.54) is 24.6 Å². The van der Waals surface area contributed by atoms with Crippen LogP contribution in [0, 0.1) is 23.6 Å². The van der Waals surface area contributed by atoms with Gasteiger partial charge in [0.1, 0.15) is 5.82 Å². The fraction of sp³-hybridized carbons (Fsp3) is 0.300. The number of aryl methyl sites for hydroxylation is 1. The molecule has 0 saturated heterocycles. The number of halogens is 1. The number of anilines is 1. The third-order valence-corrected chi connectivity index (χ3v) is 8.12. The first kappa shape index (κ1) is 23.4. The maximum atomic E-state index is 14.7. The lowest BCUT2D eigenvalue weighted by molar-refractivity contribution is -0.131. The molecular weight excluding hydrogens is 469 g/mol. The van der Waals surface area contributed by atoms with E-state index in [0.29, 0.717) is 29.6 Å². The van der Waals surface area contributed by atoms with Gasteiger partial charge < -0.3 is 10.0 Å². The van der Waals surface area contributed by atoms with Crippen LogP contribution in [0.2, 0.25) is 0 Å². The molecule has 2 aliphatic carbocycles. The number of aliphatic carboxylic acids is 1. The van der Waals surface area contributed by atoms with Gasteiger partial charge in [-0.25, -0.2) is 9.18 Å². The molecule has 0 unspecified atom stereocenters. The highest BCUT2D eigenvalue weighted by atomic mass is 19.1. The van der Waals surface area contributed by atoms with Crippen LogP contribution >= 0.6 is 0 Å². The van der Waals surface area contributed by atoms with Gasteiger partial charge in [-0.1, -0.05) is 24.6 Å². The van der Waals surface area contributed by atoms with E-state index in [9.17, 15) is 14.0 Å². The predicted octanol–water partition coefficient (Wildman–Crippen LogP) is 5.93. The molecule has 3 aromatic carbocycles. The van der Waals surface area contributed by atoms with Crippen LogP contribution in [0.15, 0.2) is 60.8 Å². The van der Waals surface area contributed by atoms with Crippen molar-refractivity contribution in [3.63, 3.8) is 0 Å². The van der Waals surface area contributed by atoms with Crippen LogP contribution in [-0.2, 0) is 23.2 Å². The summed E-state index contributed by atoms with van der Waals surface area (Å²) < 4.78 is 16.6. The lowest BCUT2D eigenvalue weighted by Gasteiger charge is -2.30. The summed E-state index contributed by atoms with van der Waals surface area (Å²) in [6.07, 6.45) is 8.39. The van der Waals surface area contributed by atoms with Crippen molar-refractivity contribution < 1.29 is 19.1 Å². The number of hydrogen-bond donors (Lipinski definition) is 1. The number of carbonyl (C=O) groups is 2. The number of aromatic nitrogens is 2. The highest BCUT2D eigenvalue weighted by molar-refractivity contribution is 6.00. The van der Waals surface area contributed by atoms with Crippen molar-refractivity contribution >= 4 is 45.3 Å². The quantitative estimate of drug-likeness (QED) is 0.335. The normalized spacial score (nSPS) is 20.9. The predicted molar refractivity (Wildman–Crippen MR) is 141 cm³/mol. The summed E-state index contributed by atoms with van der Waals surface area (Å²) in [5.74, 6) is -0.705. The van der Waals surface area contributed by atoms with Gasteiger partial charge in [0, 0.05) is 30.1 Å². The Labute approximate surface area is 214 Å². The molecule has 2 saturated carbocycles. The molecule has 6 nitrogen and oxygen atoms in total. The highest BCUT2D eigenvalue weighted by Gasteiger charge is 2.44. The Kier molecular flexibility index (Phi) is 5.78. The van der Waals surface area contributed by atoms with Crippen molar-refractivity contribution in [2.45, 2.75) is 32.2 Å². The third-order valence-electron chi connectivity index (χ3n) is 8.12. The van der Waals surface area contributed by atoms with E-state index in [4.69, 9.17) is 5.11 Å². The second-order valence-corrected chi connectivity index (χ2v) is 10.4. The number of nitrogens with zero attached hydrogens (tertiary/aromatic N) is 3. The lowest BCUT2D eigenvalue weighted by Crippen LogP contribution is -2.38. The van der Waals surface area contributed by atoms with Crippen LogP contribution in [0.4, 0.5) is 10.1 Å². The van der Waals surface area contributed by atoms with E-state index in [1.807, 2.05) is 36.1 Å². The molecule has 0 spiro atoms. The zero-order valence-electron chi connectivity index (χ0n) is 20.6. The SMILES string of the molecule is Cn1ncc2cc3cccc(CN(C(=O)[C@@H]4C[C@@H]5CC[C@H]4C5)c4cc(F)cc(C=CC(=O)O)c4)c3cc21. The number of carboxylic acids is 1. The van der Waals surface area contributed by atoms with Crippen LogP contribution in [0.25, 0.3) is 27.8 Å². The number of carbonyl (C=O) groups excluding carboxylic acids is 1. The fourth-order valence-corrected chi connectivity index (χ4v) is 6.36. The summed E-state index contributed by atoms with van der Waals surface area (Å²) in [7, 11) is 1.90. The van der Waals surface area contributed by atoms with Crippen LogP contribution in [0.5, 0.6) is 0 Å². The van der Waals surface area contributed by atoms with Crippen LogP contribution in [-0.4, -0.2) is 26.8 Å². The minimum Gasteiger partial charge on any atom is -0.478 e. The Morgan fingerprint density at radius 1 is 1.14 bits per heavy atom. The second kappa shape index (κ2) is 9.14. The van der Waals surface area contributed by atoms with Crippen LogP contribution < -0.4 is 4.90 Å². The Morgan fingerprint density at radius 2 is 2.00 bits per heavy atom. The van der Waals surface area contributed by atoms with Crippen molar-refractivity contribution in [1.82, 2.24) is 9.78 Å². The van der Waals surface area contributed by atoms with E-state index < -0.39 is 11.8 Å². The first-order valence-electron chi connectivity index (χ1n) is 12.7.